The topological polar surface area (TPSA) is 34.1 Å². The number of nitrogens with zero attached hydrogens (tertiary/aromatic N) is 1. The van der Waals surface area contributed by atoms with Crippen LogP contribution in [0.15, 0.2) is 18.2 Å². The molecule has 0 aliphatic carbocycles. The van der Waals surface area contributed by atoms with Gasteiger partial charge < -0.3 is 10.1 Å². The van der Waals surface area contributed by atoms with Crippen molar-refractivity contribution in [3.05, 3.63) is 18.2 Å². The smallest absolute Gasteiger partial charge is 0.215 e. The van der Waals surface area contributed by atoms with Crippen LogP contribution in [0.1, 0.15) is 19.8 Å². The Labute approximate surface area is 107 Å². The Kier molecular flexibility index (Phi) is 4.98. The lowest BCUT2D eigenvalue weighted by atomic mass is 10.0. The molecular weight excluding hydrogens is 232 g/mol. The van der Waals surface area contributed by atoms with Gasteiger partial charge in [-0.3, -0.25) is 0 Å². The van der Waals surface area contributed by atoms with E-state index in [1.165, 1.54) is 24.3 Å². The maximum Gasteiger partial charge on any atom is 0.215 e. The number of hydrogen-bond donors (Lipinski definition) is 1. The van der Waals surface area contributed by atoms with E-state index in [0.29, 0.717) is 12.5 Å². The summed E-state index contributed by atoms with van der Waals surface area (Å²) in [6.45, 7) is 3.67. The van der Waals surface area contributed by atoms with E-state index in [1.807, 2.05) is 25.1 Å². The van der Waals surface area contributed by atoms with Crippen molar-refractivity contribution in [3.8, 4) is 5.88 Å². The highest BCUT2D eigenvalue weighted by Crippen LogP contribution is 2.23. The van der Waals surface area contributed by atoms with Crippen LogP contribution in [0.4, 0.5) is 5.82 Å². The van der Waals surface area contributed by atoms with Gasteiger partial charge in [0, 0.05) is 12.6 Å². The zero-order valence-electron chi connectivity index (χ0n) is 10.3. The number of rotatable bonds is 5. The molecule has 1 aromatic rings. The first-order valence-corrected chi connectivity index (χ1v) is 7.45. The Balaban J connectivity index is 1.83. The second kappa shape index (κ2) is 6.74. The van der Waals surface area contributed by atoms with Crippen LogP contribution in [0.5, 0.6) is 5.88 Å². The van der Waals surface area contributed by atoms with Crippen molar-refractivity contribution < 1.29 is 4.74 Å². The van der Waals surface area contributed by atoms with E-state index in [2.05, 4.69) is 22.1 Å². The second-order valence-electron chi connectivity index (χ2n) is 4.23. The van der Waals surface area contributed by atoms with Gasteiger partial charge in [0.1, 0.15) is 5.82 Å². The minimum Gasteiger partial charge on any atom is -0.478 e. The number of ether oxygens (including phenoxy) is 1. The maximum absolute atomic E-state index is 5.38. The molecule has 1 aromatic heterocycles. The van der Waals surface area contributed by atoms with Crippen molar-refractivity contribution in [1.29, 1.82) is 0 Å². The third-order valence-corrected chi connectivity index (χ3v) is 3.98. The van der Waals surface area contributed by atoms with Crippen LogP contribution < -0.4 is 10.1 Å². The number of pyridine rings is 1. The van der Waals surface area contributed by atoms with Gasteiger partial charge in [-0.25, -0.2) is 0 Å². The van der Waals surface area contributed by atoms with Crippen LogP contribution in [0.3, 0.4) is 0 Å². The molecule has 1 saturated heterocycles. The van der Waals surface area contributed by atoms with E-state index < -0.39 is 0 Å². The number of hydrogen-bond acceptors (Lipinski definition) is 4. The number of anilines is 1. The molecule has 1 fully saturated rings. The molecule has 1 aliphatic rings. The van der Waals surface area contributed by atoms with E-state index in [4.69, 9.17) is 4.74 Å². The van der Waals surface area contributed by atoms with E-state index in [0.717, 1.165) is 18.3 Å². The number of thioether (sulfide) groups is 1. The molecule has 17 heavy (non-hydrogen) atoms. The van der Waals surface area contributed by atoms with Crippen LogP contribution in [0.25, 0.3) is 0 Å². The highest BCUT2D eigenvalue weighted by atomic mass is 32.2. The van der Waals surface area contributed by atoms with Crippen molar-refractivity contribution >= 4 is 17.6 Å². The molecule has 0 atom stereocenters. The number of aromatic nitrogens is 1. The van der Waals surface area contributed by atoms with E-state index in [1.54, 1.807) is 0 Å². The summed E-state index contributed by atoms with van der Waals surface area (Å²) < 4.78 is 5.38. The van der Waals surface area contributed by atoms with Crippen LogP contribution >= 0.6 is 11.8 Å². The average molecular weight is 252 g/mol. The fraction of sp³-hybridized carbons (Fsp3) is 0.615. The Morgan fingerprint density at radius 3 is 3.00 bits per heavy atom. The largest absolute Gasteiger partial charge is 0.478 e. The van der Waals surface area contributed by atoms with Gasteiger partial charge in [-0.1, -0.05) is 6.07 Å². The Hall–Kier alpha value is -0.900. The first-order valence-electron chi connectivity index (χ1n) is 6.30. The highest BCUT2D eigenvalue weighted by molar-refractivity contribution is 7.99. The van der Waals surface area contributed by atoms with Gasteiger partial charge in [0.15, 0.2) is 0 Å². The predicted octanol–water partition coefficient (Wildman–Crippen LogP) is 3.04. The monoisotopic (exact) mass is 252 g/mol. The molecule has 2 rings (SSSR count). The SMILES string of the molecule is CCOc1cccc(NCC2CCSCC2)n1. The van der Waals surface area contributed by atoms with Crippen LogP contribution in [-0.2, 0) is 0 Å². The Bertz CT molecular complexity index is 340. The summed E-state index contributed by atoms with van der Waals surface area (Å²) in [5.41, 5.74) is 0. The highest BCUT2D eigenvalue weighted by Gasteiger charge is 2.13. The molecule has 4 heteroatoms. The fourth-order valence-electron chi connectivity index (χ4n) is 1.94. The summed E-state index contributed by atoms with van der Waals surface area (Å²) >= 11 is 2.07. The summed E-state index contributed by atoms with van der Waals surface area (Å²) in [5, 5.41) is 3.41. The molecule has 3 nitrogen and oxygen atoms in total. The van der Waals surface area contributed by atoms with E-state index >= 15 is 0 Å². The van der Waals surface area contributed by atoms with Gasteiger partial charge in [0.2, 0.25) is 5.88 Å². The second-order valence-corrected chi connectivity index (χ2v) is 5.46. The van der Waals surface area contributed by atoms with Crippen LogP contribution in [-0.4, -0.2) is 29.6 Å². The molecule has 0 spiro atoms. The summed E-state index contributed by atoms with van der Waals surface area (Å²) in [6, 6.07) is 5.88. The molecule has 0 unspecified atom stereocenters. The van der Waals surface area contributed by atoms with Gasteiger partial charge in [0.25, 0.3) is 0 Å². The third kappa shape index (κ3) is 4.11. The summed E-state index contributed by atoms with van der Waals surface area (Å²) in [7, 11) is 0. The zero-order chi connectivity index (χ0) is 11.9. The Morgan fingerprint density at radius 2 is 2.24 bits per heavy atom. The molecule has 1 N–H and O–H groups in total. The molecule has 0 bridgehead atoms. The van der Waals surface area contributed by atoms with Gasteiger partial charge >= 0.3 is 0 Å². The van der Waals surface area contributed by atoms with Crippen molar-refractivity contribution in [2.75, 3.05) is 30.0 Å². The van der Waals surface area contributed by atoms with Gasteiger partial charge in [-0.2, -0.15) is 16.7 Å². The van der Waals surface area contributed by atoms with Crippen molar-refractivity contribution in [1.82, 2.24) is 4.98 Å². The number of nitrogens with one attached hydrogen (secondary N) is 1. The van der Waals surface area contributed by atoms with Gasteiger partial charge in [0.05, 0.1) is 6.61 Å². The maximum atomic E-state index is 5.38. The molecule has 1 aliphatic heterocycles. The first-order chi connectivity index (χ1) is 8.38. The fourth-order valence-corrected chi connectivity index (χ4v) is 3.15. The summed E-state index contributed by atoms with van der Waals surface area (Å²) in [5.74, 6) is 5.04. The lowest BCUT2D eigenvalue weighted by Gasteiger charge is -2.21. The normalized spacial score (nSPS) is 16.8. The van der Waals surface area contributed by atoms with Crippen molar-refractivity contribution in [2.45, 2.75) is 19.8 Å². The molecule has 2 heterocycles. The van der Waals surface area contributed by atoms with E-state index in [9.17, 15) is 0 Å². The third-order valence-electron chi connectivity index (χ3n) is 2.93. The lowest BCUT2D eigenvalue weighted by Crippen LogP contribution is -2.19. The van der Waals surface area contributed by atoms with E-state index in [-0.39, 0.29) is 0 Å². The molecule has 0 saturated carbocycles. The predicted molar refractivity (Wildman–Crippen MR) is 73.9 cm³/mol. The van der Waals surface area contributed by atoms with Crippen molar-refractivity contribution in [3.63, 3.8) is 0 Å². The van der Waals surface area contributed by atoms with Crippen LogP contribution in [0, 0.1) is 5.92 Å². The Morgan fingerprint density at radius 1 is 1.41 bits per heavy atom. The summed E-state index contributed by atoms with van der Waals surface area (Å²) in [6.07, 6.45) is 2.64. The van der Waals surface area contributed by atoms with Crippen molar-refractivity contribution in [2.24, 2.45) is 5.92 Å². The minimum atomic E-state index is 0.663. The summed E-state index contributed by atoms with van der Waals surface area (Å²) in [4.78, 5) is 4.41. The van der Waals surface area contributed by atoms with Crippen LogP contribution in [0.2, 0.25) is 0 Å². The first kappa shape index (κ1) is 12.6. The lowest BCUT2D eigenvalue weighted by molar-refractivity contribution is 0.327. The molecule has 0 radical (unpaired) electrons. The molecule has 0 amide bonds. The van der Waals surface area contributed by atoms with Gasteiger partial charge in [-0.15, -0.1) is 0 Å². The quantitative estimate of drug-likeness (QED) is 0.873. The standard InChI is InChI=1S/C13H20N2OS/c1-2-16-13-5-3-4-12(15-13)14-10-11-6-8-17-9-7-11/h3-5,11H,2,6-10H2,1H3,(H,14,15). The molecule has 0 aromatic carbocycles. The average Bonchev–Trinajstić information content (AvgIpc) is 2.39. The van der Waals surface area contributed by atoms with Gasteiger partial charge in [-0.05, 0) is 43.3 Å². The zero-order valence-corrected chi connectivity index (χ0v) is 11.1. The molecular formula is C13H20N2OS. The minimum absolute atomic E-state index is 0.663. The molecule has 94 valence electrons.